The summed E-state index contributed by atoms with van der Waals surface area (Å²) in [5.41, 5.74) is 0.728. The minimum atomic E-state index is -0.509. The van der Waals surface area contributed by atoms with Crippen molar-refractivity contribution in [3.8, 4) is 5.75 Å². The molecule has 0 saturated carbocycles. The van der Waals surface area contributed by atoms with Gasteiger partial charge in [-0.05, 0) is 48.5 Å². The first-order valence-electron chi connectivity index (χ1n) is 8.98. The first-order chi connectivity index (χ1) is 14.9. The van der Waals surface area contributed by atoms with E-state index in [-0.39, 0.29) is 18.2 Å². The van der Waals surface area contributed by atoms with Crippen LogP contribution in [0.2, 0.25) is 5.02 Å². The number of rotatable bonds is 6. The second-order valence-electron chi connectivity index (χ2n) is 6.37. The molecule has 10 heteroatoms. The number of aromatic nitrogens is 2. The van der Waals surface area contributed by atoms with Crippen LogP contribution in [-0.2, 0) is 11.5 Å². The second kappa shape index (κ2) is 8.75. The van der Waals surface area contributed by atoms with E-state index >= 15 is 0 Å². The van der Waals surface area contributed by atoms with Gasteiger partial charge in [0.1, 0.15) is 16.4 Å². The van der Waals surface area contributed by atoms with Crippen molar-refractivity contribution in [3.05, 3.63) is 76.1 Å². The van der Waals surface area contributed by atoms with Crippen molar-refractivity contribution in [3.63, 3.8) is 0 Å². The zero-order valence-corrected chi connectivity index (χ0v) is 17.7. The second-order valence-corrected chi connectivity index (χ2v) is 7.80. The molecule has 2 aromatic heterocycles. The molecule has 158 valence electrons. The first kappa shape index (κ1) is 20.8. The van der Waals surface area contributed by atoms with Crippen LogP contribution in [0.25, 0.3) is 10.1 Å². The number of benzene rings is 2. The summed E-state index contributed by atoms with van der Waals surface area (Å²) >= 11 is 7.43. The Morgan fingerprint density at radius 2 is 1.97 bits per heavy atom. The number of esters is 1. The van der Waals surface area contributed by atoms with E-state index in [9.17, 15) is 14.0 Å². The fraction of sp³-hybridized carbons (Fsp3) is 0.0952. The lowest BCUT2D eigenvalue weighted by molar-refractivity contribution is 0.0606. The fourth-order valence-electron chi connectivity index (χ4n) is 2.79. The third-order valence-corrected chi connectivity index (χ3v) is 5.95. The van der Waals surface area contributed by atoms with Gasteiger partial charge in [-0.25, -0.2) is 13.9 Å². The number of carbonyl (C=O) groups excluding carboxylic acids is 2. The number of halogens is 2. The number of amides is 1. The number of hydrogen-bond donors (Lipinski definition) is 1. The van der Waals surface area contributed by atoms with Crippen molar-refractivity contribution in [2.45, 2.75) is 6.73 Å². The Labute approximate surface area is 185 Å². The fourth-order valence-corrected chi connectivity index (χ4v) is 4.25. The van der Waals surface area contributed by atoms with Crippen LogP contribution >= 0.6 is 22.9 Å². The van der Waals surface area contributed by atoms with Gasteiger partial charge in [0.25, 0.3) is 5.91 Å². The molecule has 7 nitrogen and oxygen atoms in total. The molecule has 0 bridgehead atoms. The van der Waals surface area contributed by atoms with E-state index in [4.69, 9.17) is 21.1 Å². The van der Waals surface area contributed by atoms with Crippen LogP contribution in [0, 0.1) is 5.82 Å². The quantitative estimate of drug-likeness (QED) is 0.412. The highest BCUT2D eigenvalue weighted by Crippen LogP contribution is 2.37. The molecule has 0 aliphatic rings. The molecule has 0 saturated heterocycles. The Balaban J connectivity index is 1.44. The van der Waals surface area contributed by atoms with Crippen molar-refractivity contribution in [2.75, 3.05) is 12.4 Å². The third-order valence-electron chi connectivity index (χ3n) is 4.31. The van der Waals surface area contributed by atoms with E-state index in [0.29, 0.717) is 26.7 Å². The van der Waals surface area contributed by atoms with E-state index in [1.807, 2.05) is 0 Å². The van der Waals surface area contributed by atoms with Crippen molar-refractivity contribution in [1.82, 2.24) is 9.78 Å². The number of hydrogen-bond acceptors (Lipinski definition) is 6. The van der Waals surface area contributed by atoms with Crippen molar-refractivity contribution in [1.29, 1.82) is 0 Å². The molecule has 0 fully saturated rings. The van der Waals surface area contributed by atoms with E-state index in [1.165, 1.54) is 47.4 Å². The molecule has 0 aliphatic carbocycles. The van der Waals surface area contributed by atoms with Crippen molar-refractivity contribution >= 4 is 50.6 Å². The molecule has 2 heterocycles. The van der Waals surface area contributed by atoms with E-state index in [1.54, 1.807) is 30.5 Å². The van der Waals surface area contributed by atoms with Crippen molar-refractivity contribution in [2.24, 2.45) is 0 Å². The predicted molar refractivity (Wildman–Crippen MR) is 115 cm³/mol. The Kier molecular flexibility index (Phi) is 5.88. The topological polar surface area (TPSA) is 82.5 Å². The summed E-state index contributed by atoms with van der Waals surface area (Å²) in [6.07, 6.45) is 1.60. The molecule has 0 radical (unpaired) electrons. The van der Waals surface area contributed by atoms with Crippen LogP contribution in [0.5, 0.6) is 5.75 Å². The van der Waals surface area contributed by atoms with Crippen LogP contribution in [0.3, 0.4) is 0 Å². The predicted octanol–water partition coefficient (Wildman–Crippen LogP) is 4.97. The number of thiophene rings is 1. The Morgan fingerprint density at radius 3 is 2.71 bits per heavy atom. The minimum absolute atomic E-state index is 0.0644. The largest absolute Gasteiger partial charge is 0.471 e. The maximum absolute atomic E-state index is 12.9. The van der Waals surface area contributed by atoms with Crippen LogP contribution in [0.4, 0.5) is 10.1 Å². The van der Waals surface area contributed by atoms with E-state index in [2.05, 4.69) is 10.4 Å². The highest BCUT2D eigenvalue weighted by molar-refractivity contribution is 7.21. The van der Waals surface area contributed by atoms with Crippen molar-refractivity contribution < 1.29 is 23.5 Å². The molecular weight excluding hydrogens is 445 g/mol. The number of ether oxygens (including phenoxy) is 2. The Hall–Kier alpha value is -3.43. The summed E-state index contributed by atoms with van der Waals surface area (Å²) < 4.78 is 25.4. The molecule has 0 unspecified atom stereocenters. The number of nitrogens with one attached hydrogen (secondary N) is 1. The van der Waals surface area contributed by atoms with Crippen LogP contribution < -0.4 is 10.1 Å². The maximum Gasteiger partial charge on any atom is 0.349 e. The summed E-state index contributed by atoms with van der Waals surface area (Å²) in [4.78, 5) is 24.7. The van der Waals surface area contributed by atoms with Gasteiger partial charge < -0.3 is 14.8 Å². The van der Waals surface area contributed by atoms with E-state index < -0.39 is 11.9 Å². The highest BCUT2D eigenvalue weighted by Gasteiger charge is 2.18. The first-order valence-corrected chi connectivity index (χ1v) is 10.2. The highest BCUT2D eigenvalue weighted by atomic mass is 35.5. The van der Waals surface area contributed by atoms with Gasteiger partial charge in [-0.3, -0.25) is 4.79 Å². The van der Waals surface area contributed by atoms with Gasteiger partial charge >= 0.3 is 5.97 Å². The molecular formula is C21H15ClFN3O4S. The monoisotopic (exact) mass is 459 g/mol. The molecule has 2 aromatic carbocycles. The van der Waals surface area contributed by atoms with Gasteiger partial charge in [0, 0.05) is 22.0 Å². The lowest BCUT2D eigenvalue weighted by Gasteiger charge is -2.06. The number of anilines is 1. The van der Waals surface area contributed by atoms with Gasteiger partial charge in [-0.2, -0.15) is 5.10 Å². The van der Waals surface area contributed by atoms with Crippen LogP contribution in [-0.4, -0.2) is 28.8 Å². The molecule has 31 heavy (non-hydrogen) atoms. The van der Waals surface area contributed by atoms with Gasteiger partial charge in [0.05, 0.1) is 12.1 Å². The summed E-state index contributed by atoms with van der Waals surface area (Å²) in [6.45, 7) is 0.0644. The third kappa shape index (κ3) is 4.52. The normalized spacial score (nSPS) is 10.8. The minimum Gasteiger partial charge on any atom is -0.471 e. The van der Waals surface area contributed by atoms with Gasteiger partial charge in [-0.1, -0.05) is 11.6 Å². The summed E-state index contributed by atoms with van der Waals surface area (Å²) in [5, 5.41) is 7.97. The molecule has 4 aromatic rings. The number of fused-ring (bicyclic) bond motifs is 1. The molecule has 4 rings (SSSR count). The summed E-state index contributed by atoms with van der Waals surface area (Å²) in [7, 11) is 1.29. The SMILES string of the molecule is COC(=O)c1sc2cc(NC(=O)c3ccn(COc4ccc(F)cc4)n3)ccc2c1Cl. The lowest BCUT2D eigenvalue weighted by atomic mass is 10.2. The summed E-state index contributed by atoms with van der Waals surface area (Å²) in [6, 6.07) is 12.3. The molecule has 0 atom stereocenters. The van der Waals surface area contributed by atoms with Gasteiger partial charge in [0.15, 0.2) is 12.4 Å². The van der Waals surface area contributed by atoms with Crippen LogP contribution in [0.1, 0.15) is 20.2 Å². The number of carbonyl (C=O) groups is 2. The average Bonchev–Trinajstić information content (AvgIpc) is 3.37. The molecule has 0 spiro atoms. The Morgan fingerprint density at radius 1 is 1.19 bits per heavy atom. The standard InChI is InChI=1S/C21H15ClFN3O4S/c1-29-21(28)19-18(22)15-7-4-13(10-17(15)31-19)24-20(27)16-8-9-26(25-16)11-30-14-5-2-12(23)3-6-14/h2-10H,11H2,1H3,(H,24,27). The molecule has 0 aliphatic heterocycles. The Bertz CT molecular complexity index is 1270. The summed E-state index contributed by atoms with van der Waals surface area (Å²) in [5.74, 6) is -0.784. The van der Waals surface area contributed by atoms with Gasteiger partial charge in [-0.15, -0.1) is 11.3 Å². The molecule has 1 N–H and O–H groups in total. The maximum atomic E-state index is 12.9. The van der Waals surface area contributed by atoms with Gasteiger partial charge in [0.2, 0.25) is 0 Å². The number of methoxy groups -OCH3 is 1. The zero-order chi connectivity index (χ0) is 22.0. The smallest absolute Gasteiger partial charge is 0.349 e. The van der Waals surface area contributed by atoms with E-state index in [0.717, 1.165) is 4.70 Å². The van der Waals surface area contributed by atoms with Crippen LogP contribution in [0.15, 0.2) is 54.7 Å². The zero-order valence-electron chi connectivity index (χ0n) is 16.1. The molecule has 1 amide bonds. The number of nitrogens with zero attached hydrogens (tertiary/aromatic N) is 2. The average molecular weight is 460 g/mol. The lowest BCUT2D eigenvalue weighted by Crippen LogP contribution is -2.14.